The van der Waals surface area contributed by atoms with Gasteiger partial charge in [-0.2, -0.15) is 5.10 Å². The Hall–Kier alpha value is -3.06. The lowest BCUT2D eigenvalue weighted by Gasteiger charge is -2.17. The first kappa shape index (κ1) is 20.2. The van der Waals surface area contributed by atoms with Gasteiger partial charge >= 0.3 is 0 Å². The molecule has 5 atom stereocenters. The monoisotopic (exact) mass is 417 g/mol. The van der Waals surface area contributed by atoms with Crippen LogP contribution in [0.15, 0.2) is 24.8 Å². The van der Waals surface area contributed by atoms with Gasteiger partial charge in [-0.15, -0.1) is 0 Å². The Kier molecular flexibility index (Phi) is 5.15. The molecule has 12 heteroatoms. The molecule has 3 aromatic heterocycles. The van der Waals surface area contributed by atoms with Gasteiger partial charge in [-0.25, -0.2) is 9.97 Å². The molecule has 0 aliphatic carbocycles. The van der Waals surface area contributed by atoms with Crippen LogP contribution >= 0.6 is 0 Å². The van der Waals surface area contributed by atoms with Crippen LogP contribution in [0.25, 0.3) is 22.3 Å². The zero-order valence-corrected chi connectivity index (χ0v) is 16.4. The lowest BCUT2D eigenvalue weighted by Crippen LogP contribution is -2.44. The molecule has 1 saturated heterocycles. The van der Waals surface area contributed by atoms with Gasteiger partial charge in [0.2, 0.25) is 0 Å². The average molecular weight is 417 g/mol. The largest absolute Gasteiger partial charge is 0.392 e. The van der Waals surface area contributed by atoms with E-state index in [4.69, 9.17) is 10.5 Å². The molecule has 1 unspecified atom stereocenters. The van der Waals surface area contributed by atoms with Crippen molar-refractivity contribution in [3.8, 4) is 11.3 Å². The number of ether oxygens (including phenoxy) is 1. The highest BCUT2D eigenvalue weighted by Crippen LogP contribution is 2.37. The number of nitrogen functional groups attached to an aromatic ring is 1. The molecule has 30 heavy (non-hydrogen) atoms. The van der Waals surface area contributed by atoms with E-state index in [9.17, 15) is 20.1 Å². The van der Waals surface area contributed by atoms with E-state index in [0.29, 0.717) is 22.3 Å². The molecule has 0 aromatic carbocycles. The van der Waals surface area contributed by atoms with E-state index in [1.807, 2.05) is 0 Å². The summed E-state index contributed by atoms with van der Waals surface area (Å²) in [5.74, 6) is -0.417. The molecule has 4 heterocycles. The number of aromatic nitrogens is 5. The minimum Gasteiger partial charge on any atom is -0.392 e. The molecule has 1 fully saturated rings. The van der Waals surface area contributed by atoms with Crippen LogP contribution in [-0.2, 0) is 16.6 Å². The number of nitrogens with one attached hydrogen (secondary N) is 1. The summed E-state index contributed by atoms with van der Waals surface area (Å²) in [6.07, 6.45) is -1.37. The number of rotatable bonds is 5. The van der Waals surface area contributed by atoms with E-state index < -0.39 is 36.6 Å². The quantitative estimate of drug-likeness (QED) is 0.332. The van der Waals surface area contributed by atoms with E-state index in [1.54, 1.807) is 30.2 Å². The van der Waals surface area contributed by atoms with Gasteiger partial charge in [0.25, 0.3) is 5.91 Å². The van der Waals surface area contributed by atoms with E-state index in [1.165, 1.54) is 17.8 Å². The minimum absolute atomic E-state index is 0.00773. The van der Waals surface area contributed by atoms with Crippen molar-refractivity contribution < 1.29 is 24.9 Å². The number of carbonyl (C=O) groups is 1. The van der Waals surface area contributed by atoms with Crippen molar-refractivity contribution in [2.24, 2.45) is 7.05 Å². The Labute approximate surface area is 170 Å². The zero-order valence-electron chi connectivity index (χ0n) is 16.4. The van der Waals surface area contributed by atoms with Crippen LogP contribution in [-0.4, -0.2) is 76.5 Å². The maximum atomic E-state index is 12.3. The van der Waals surface area contributed by atoms with Crippen LogP contribution < -0.4 is 11.1 Å². The Bertz CT molecular complexity index is 1080. The third-order valence-electron chi connectivity index (χ3n) is 4.97. The second-order valence-corrected chi connectivity index (χ2v) is 7.30. The SMILES string of the molecule is CC(O)CNC(=O)[C@H]1O[C@@H](n2cc(-c3ccn(C)n3)c3c(N)ncnc32)[C@H](O)[C@@H]1O. The molecule has 1 aliphatic heterocycles. The van der Waals surface area contributed by atoms with Crippen molar-refractivity contribution in [3.63, 3.8) is 0 Å². The fourth-order valence-corrected chi connectivity index (χ4v) is 3.51. The van der Waals surface area contributed by atoms with Crippen LogP contribution in [0.1, 0.15) is 13.2 Å². The second kappa shape index (κ2) is 7.65. The first-order valence-electron chi connectivity index (χ1n) is 9.36. The fourth-order valence-electron chi connectivity index (χ4n) is 3.51. The number of nitrogens with zero attached hydrogens (tertiary/aromatic N) is 5. The van der Waals surface area contributed by atoms with Gasteiger partial charge in [0, 0.05) is 31.5 Å². The summed E-state index contributed by atoms with van der Waals surface area (Å²) in [6, 6.07) is 1.79. The summed E-state index contributed by atoms with van der Waals surface area (Å²) in [5.41, 5.74) is 7.68. The molecule has 1 aliphatic rings. The van der Waals surface area contributed by atoms with E-state index >= 15 is 0 Å². The van der Waals surface area contributed by atoms with Gasteiger partial charge in [0.15, 0.2) is 12.3 Å². The number of fused-ring (bicyclic) bond motifs is 1. The number of aliphatic hydroxyl groups is 3. The Morgan fingerprint density at radius 2 is 2.13 bits per heavy atom. The summed E-state index contributed by atoms with van der Waals surface area (Å²) in [6.45, 7) is 1.51. The Morgan fingerprint density at radius 1 is 1.37 bits per heavy atom. The number of hydrogen-bond donors (Lipinski definition) is 5. The lowest BCUT2D eigenvalue weighted by atomic mass is 10.1. The van der Waals surface area contributed by atoms with Crippen LogP contribution in [0.4, 0.5) is 5.82 Å². The minimum atomic E-state index is -1.47. The number of anilines is 1. The van der Waals surface area contributed by atoms with Crippen molar-refractivity contribution in [1.82, 2.24) is 29.6 Å². The molecule has 0 spiro atoms. The highest BCUT2D eigenvalue weighted by Gasteiger charge is 2.47. The molecule has 6 N–H and O–H groups in total. The van der Waals surface area contributed by atoms with Crippen molar-refractivity contribution >= 4 is 22.8 Å². The molecule has 0 saturated carbocycles. The number of aryl methyl sites for hydroxylation is 1. The third kappa shape index (κ3) is 3.39. The molecular weight excluding hydrogens is 394 g/mol. The number of aliphatic hydroxyl groups excluding tert-OH is 3. The summed E-state index contributed by atoms with van der Waals surface area (Å²) in [7, 11) is 1.78. The molecule has 1 amide bonds. The highest BCUT2D eigenvalue weighted by atomic mass is 16.6. The van der Waals surface area contributed by atoms with Crippen LogP contribution in [0.2, 0.25) is 0 Å². The Morgan fingerprint density at radius 3 is 2.80 bits per heavy atom. The smallest absolute Gasteiger partial charge is 0.252 e. The third-order valence-corrected chi connectivity index (χ3v) is 4.97. The molecule has 4 rings (SSSR count). The molecule has 0 bridgehead atoms. The molecular formula is C18H23N7O5. The number of amides is 1. The van der Waals surface area contributed by atoms with Gasteiger partial charge in [0.05, 0.1) is 17.2 Å². The van der Waals surface area contributed by atoms with Gasteiger partial charge in [-0.05, 0) is 13.0 Å². The maximum absolute atomic E-state index is 12.3. The van der Waals surface area contributed by atoms with Crippen LogP contribution in [0.5, 0.6) is 0 Å². The van der Waals surface area contributed by atoms with Gasteiger partial charge < -0.3 is 35.7 Å². The topological polar surface area (TPSA) is 174 Å². The molecule has 0 radical (unpaired) electrons. The van der Waals surface area contributed by atoms with Crippen LogP contribution in [0, 0.1) is 0 Å². The average Bonchev–Trinajstić information content (AvgIpc) is 3.37. The second-order valence-electron chi connectivity index (χ2n) is 7.30. The van der Waals surface area contributed by atoms with E-state index in [0.717, 1.165) is 0 Å². The maximum Gasteiger partial charge on any atom is 0.252 e. The predicted octanol–water partition coefficient (Wildman–Crippen LogP) is -1.47. The summed E-state index contributed by atoms with van der Waals surface area (Å²) < 4.78 is 8.85. The standard InChI is InChI=1S/C18H23N7O5/c1-8(26)5-20-17(29)14-12(27)13(28)18(30-14)25-6-9(10-3-4-24(2)23-10)11-15(19)21-7-22-16(11)25/h3-4,6-8,12-14,18,26-28H,5H2,1-2H3,(H,20,29)(H2,19,21,22)/t8?,12-,13+,14-,18+/m0/s1. The van der Waals surface area contributed by atoms with Gasteiger partial charge in [0.1, 0.15) is 30.0 Å². The van der Waals surface area contributed by atoms with Crippen molar-refractivity contribution in [1.29, 1.82) is 0 Å². The first-order valence-corrected chi connectivity index (χ1v) is 9.36. The lowest BCUT2D eigenvalue weighted by molar-refractivity contribution is -0.138. The summed E-state index contributed by atoms with van der Waals surface area (Å²) in [4.78, 5) is 20.6. The normalized spacial score (nSPS) is 25.0. The predicted molar refractivity (Wildman–Crippen MR) is 105 cm³/mol. The first-order chi connectivity index (χ1) is 14.3. The molecule has 3 aromatic rings. The van der Waals surface area contributed by atoms with Crippen molar-refractivity contribution in [3.05, 3.63) is 24.8 Å². The molecule has 12 nitrogen and oxygen atoms in total. The van der Waals surface area contributed by atoms with Gasteiger partial charge in [-0.3, -0.25) is 9.48 Å². The van der Waals surface area contributed by atoms with Crippen molar-refractivity contribution in [2.75, 3.05) is 12.3 Å². The van der Waals surface area contributed by atoms with E-state index in [2.05, 4.69) is 20.4 Å². The summed E-state index contributed by atoms with van der Waals surface area (Å²) >= 11 is 0. The molecule has 160 valence electrons. The Balaban J connectivity index is 1.73. The fraction of sp³-hybridized carbons (Fsp3) is 0.444. The zero-order chi connectivity index (χ0) is 21.6. The van der Waals surface area contributed by atoms with Crippen LogP contribution in [0.3, 0.4) is 0 Å². The van der Waals surface area contributed by atoms with E-state index in [-0.39, 0.29) is 12.4 Å². The number of hydrogen-bond acceptors (Lipinski definition) is 9. The van der Waals surface area contributed by atoms with Gasteiger partial charge in [-0.1, -0.05) is 0 Å². The number of nitrogens with two attached hydrogens (primary N) is 1. The number of carbonyl (C=O) groups excluding carboxylic acids is 1. The summed E-state index contributed by atoms with van der Waals surface area (Å²) in [5, 5.41) is 37.7. The highest BCUT2D eigenvalue weighted by molar-refractivity contribution is 5.99. The van der Waals surface area contributed by atoms with Crippen molar-refractivity contribution in [2.45, 2.75) is 37.6 Å².